The van der Waals surface area contributed by atoms with Crippen molar-refractivity contribution in [3.63, 3.8) is 0 Å². The number of thiol groups is 1. The molecule has 0 radical (unpaired) electrons. The number of nitrogens with one attached hydrogen (secondary N) is 1. The molecule has 0 atom stereocenters. The number of rotatable bonds is 3. The molecule has 0 fully saturated rings. The van der Waals surface area contributed by atoms with Crippen LogP contribution in [0, 0.1) is 0 Å². The Morgan fingerprint density at radius 1 is 1.26 bits per heavy atom. The van der Waals surface area contributed by atoms with Crippen LogP contribution in [0.1, 0.15) is 10.4 Å². The summed E-state index contributed by atoms with van der Waals surface area (Å²) in [7, 11) is 0. The van der Waals surface area contributed by atoms with Gasteiger partial charge in [0.1, 0.15) is 0 Å². The van der Waals surface area contributed by atoms with Crippen molar-refractivity contribution in [3.05, 3.63) is 52.5 Å². The van der Waals surface area contributed by atoms with Crippen LogP contribution >= 0.6 is 40.3 Å². The second kappa shape index (κ2) is 6.50. The minimum absolute atomic E-state index is 0.149. The molecule has 1 N–H and O–H groups in total. The fraction of sp³-hybridized carbons (Fsp3) is 0.0714. The third-order valence-electron chi connectivity index (χ3n) is 2.55. The summed E-state index contributed by atoms with van der Waals surface area (Å²) in [5.74, 6) is -0.149. The maximum atomic E-state index is 12.3. The zero-order valence-electron chi connectivity index (χ0n) is 10.2. The molecular formula is C14H12BrNOS2. The zero-order chi connectivity index (χ0) is 13.8. The molecule has 2 rings (SSSR count). The first-order chi connectivity index (χ1) is 9.11. The van der Waals surface area contributed by atoms with Crippen LogP contribution in [-0.2, 0) is 0 Å². The van der Waals surface area contributed by atoms with E-state index < -0.39 is 0 Å². The summed E-state index contributed by atoms with van der Waals surface area (Å²) >= 11 is 9.23. The highest BCUT2D eigenvalue weighted by atomic mass is 79.9. The summed E-state index contributed by atoms with van der Waals surface area (Å²) in [6.45, 7) is 0. The first-order valence-corrected chi connectivity index (χ1v) is 8.01. The topological polar surface area (TPSA) is 29.1 Å². The van der Waals surface area contributed by atoms with E-state index in [1.807, 2.05) is 42.7 Å². The third kappa shape index (κ3) is 3.55. The first-order valence-electron chi connectivity index (χ1n) is 5.54. The molecule has 0 unspecified atom stereocenters. The average Bonchev–Trinajstić information content (AvgIpc) is 2.42. The molecule has 19 heavy (non-hydrogen) atoms. The molecule has 0 aliphatic heterocycles. The van der Waals surface area contributed by atoms with Gasteiger partial charge in [0.2, 0.25) is 0 Å². The van der Waals surface area contributed by atoms with Gasteiger partial charge in [0.05, 0.1) is 11.3 Å². The van der Waals surface area contributed by atoms with Crippen molar-refractivity contribution < 1.29 is 4.79 Å². The number of halogens is 1. The fourth-order valence-corrected chi connectivity index (χ4v) is 2.81. The van der Waals surface area contributed by atoms with E-state index in [4.69, 9.17) is 0 Å². The largest absolute Gasteiger partial charge is 0.321 e. The molecule has 0 aromatic heterocycles. The Morgan fingerprint density at radius 3 is 2.74 bits per heavy atom. The van der Waals surface area contributed by atoms with Gasteiger partial charge in [-0.3, -0.25) is 4.79 Å². The summed E-state index contributed by atoms with van der Waals surface area (Å²) in [6, 6.07) is 13.1. The minimum Gasteiger partial charge on any atom is -0.321 e. The second-order valence-corrected chi connectivity index (χ2v) is 6.04. The standard InChI is InChI=1S/C14H12BrNOS2/c1-19-13-5-3-2-4-12(13)16-14(17)10-8-9(18)6-7-11(10)15/h2-8,18H,1H3,(H,16,17). The van der Waals surface area contributed by atoms with Gasteiger partial charge in [0.15, 0.2) is 0 Å². The SMILES string of the molecule is CSc1ccccc1NC(=O)c1cc(S)ccc1Br. The van der Waals surface area contributed by atoms with Crippen molar-refractivity contribution >= 4 is 51.9 Å². The number of amides is 1. The Labute approximate surface area is 130 Å². The van der Waals surface area contributed by atoms with Crippen molar-refractivity contribution in [2.75, 3.05) is 11.6 Å². The van der Waals surface area contributed by atoms with E-state index in [2.05, 4.69) is 33.9 Å². The number of thioether (sulfide) groups is 1. The summed E-state index contributed by atoms with van der Waals surface area (Å²) < 4.78 is 0.754. The number of hydrogen-bond donors (Lipinski definition) is 2. The van der Waals surface area contributed by atoms with Crippen molar-refractivity contribution in [2.45, 2.75) is 9.79 Å². The van der Waals surface area contributed by atoms with E-state index in [9.17, 15) is 4.79 Å². The second-order valence-electron chi connectivity index (χ2n) is 3.82. The quantitative estimate of drug-likeness (QED) is 0.617. The average molecular weight is 354 g/mol. The van der Waals surface area contributed by atoms with E-state index in [-0.39, 0.29) is 5.91 Å². The van der Waals surface area contributed by atoms with Crippen molar-refractivity contribution in [1.82, 2.24) is 0 Å². The molecule has 2 nitrogen and oxygen atoms in total. The highest BCUT2D eigenvalue weighted by Crippen LogP contribution is 2.26. The highest BCUT2D eigenvalue weighted by Gasteiger charge is 2.12. The van der Waals surface area contributed by atoms with E-state index in [1.165, 1.54) is 0 Å². The Morgan fingerprint density at radius 2 is 2.00 bits per heavy atom. The van der Waals surface area contributed by atoms with Crippen LogP contribution in [0.4, 0.5) is 5.69 Å². The molecule has 98 valence electrons. The number of anilines is 1. The van der Waals surface area contributed by atoms with Gasteiger partial charge in [0.25, 0.3) is 5.91 Å². The molecule has 0 bridgehead atoms. The number of carbonyl (C=O) groups excluding carboxylic acids is 1. The smallest absolute Gasteiger partial charge is 0.256 e. The molecule has 0 aliphatic carbocycles. The molecule has 5 heteroatoms. The third-order valence-corrected chi connectivity index (χ3v) is 4.32. The number of benzene rings is 2. The maximum absolute atomic E-state index is 12.3. The number of carbonyl (C=O) groups is 1. The molecule has 2 aromatic rings. The van der Waals surface area contributed by atoms with Crippen molar-refractivity contribution in [2.24, 2.45) is 0 Å². The summed E-state index contributed by atoms with van der Waals surface area (Å²) in [5, 5.41) is 2.92. The van der Waals surface area contributed by atoms with Gasteiger partial charge in [0, 0.05) is 14.3 Å². The van der Waals surface area contributed by atoms with E-state index in [0.717, 1.165) is 20.0 Å². The molecule has 1 amide bonds. The molecule has 0 heterocycles. The Hall–Kier alpha value is -0.910. The minimum atomic E-state index is -0.149. The lowest BCUT2D eigenvalue weighted by atomic mass is 10.2. The lowest BCUT2D eigenvalue weighted by Crippen LogP contribution is -2.13. The van der Waals surface area contributed by atoms with Gasteiger partial charge in [-0.1, -0.05) is 12.1 Å². The monoisotopic (exact) mass is 353 g/mol. The van der Waals surface area contributed by atoms with E-state index in [0.29, 0.717) is 5.56 Å². The Kier molecular flexibility index (Phi) is 4.96. The van der Waals surface area contributed by atoms with Gasteiger partial charge in [-0.25, -0.2) is 0 Å². The van der Waals surface area contributed by atoms with Crippen LogP contribution in [0.25, 0.3) is 0 Å². The number of hydrogen-bond acceptors (Lipinski definition) is 3. The van der Waals surface area contributed by atoms with Crippen LogP contribution in [0.15, 0.2) is 56.7 Å². The van der Waals surface area contributed by atoms with Crippen LogP contribution in [0.2, 0.25) is 0 Å². The highest BCUT2D eigenvalue weighted by molar-refractivity contribution is 9.10. The van der Waals surface area contributed by atoms with E-state index in [1.54, 1.807) is 17.8 Å². The van der Waals surface area contributed by atoms with Crippen LogP contribution in [0.3, 0.4) is 0 Å². The van der Waals surface area contributed by atoms with Gasteiger partial charge in [-0.15, -0.1) is 24.4 Å². The normalized spacial score (nSPS) is 10.3. The first kappa shape index (κ1) is 14.5. The molecule has 0 aliphatic rings. The summed E-state index contributed by atoms with van der Waals surface area (Å²) in [6.07, 6.45) is 1.98. The number of para-hydroxylation sites is 1. The van der Waals surface area contributed by atoms with Gasteiger partial charge in [-0.2, -0.15) is 0 Å². The Bertz CT molecular complexity index is 616. The van der Waals surface area contributed by atoms with Crippen LogP contribution in [-0.4, -0.2) is 12.2 Å². The molecule has 0 spiro atoms. The molecule has 0 saturated carbocycles. The van der Waals surface area contributed by atoms with Gasteiger partial charge < -0.3 is 5.32 Å². The lowest BCUT2D eigenvalue weighted by Gasteiger charge is -2.10. The molecule has 0 saturated heterocycles. The fourth-order valence-electron chi connectivity index (χ4n) is 1.62. The van der Waals surface area contributed by atoms with E-state index >= 15 is 0 Å². The van der Waals surface area contributed by atoms with Crippen molar-refractivity contribution in [3.8, 4) is 0 Å². The zero-order valence-corrected chi connectivity index (χ0v) is 13.5. The van der Waals surface area contributed by atoms with Crippen molar-refractivity contribution in [1.29, 1.82) is 0 Å². The van der Waals surface area contributed by atoms with Crippen LogP contribution < -0.4 is 5.32 Å². The Balaban J connectivity index is 2.28. The van der Waals surface area contributed by atoms with Crippen LogP contribution in [0.5, 0.6) is 0 Å². The summed E-state index contributed by atoms with van der Waals surface area (Å²) in [5.41, 5.74) is 1.39. The molecule has 2 aromatic carbocycles. The summed E-state index contributed by atoms with van der Waals surface area (Å²) in [4.78, 5) is 14.1. The predicted molar refractivity (Wildman–Crippen MR) is 87.6 cm³/mol. The lowest BCUT2D eigenvalue weighted by molar-refractivity contribution is 0.102. The maximum Gasteiger partial charge on any atom is 0.256 e. The predicted octanol–water partition coefficient (Wildman–Crippen LogP) is 4.71. The van der Waals surface area contributed by atoms with Gasteiger partial charge in [-0.05, 0) is 52.5 Å². The molecular weight excluding hydrogens is 342 g/mol. The van der Waals surface area contributed by atoms with Gasteiger partial charge >= 0.3 is 0 Å².